The maximum atomic E-state index is 13.1. The minimum atomic E-state index is -0.0999. The second-order valence-electron chi connectivity index (χ2n) is 8.03. The van der Waals surface area contributed by atoms with Crippen molar-refractivity contribution in [3.8, 4) is 5.88 Å². The van der Waals surface area contributed by atoms with Gasteiger partial charge in [-0.2, -0.15) is 10.2 Å². The Morgan fingerprint density at radius 2 is 1.94 bits per heavy atom. The van der Waals surface area contributed by atoms with Crippen molar-refractivity contribution in [3.63, 3.8) is 0 Å². The van der Waals surface area contributed by atoms with Crippen LogP contribution in [-0.2, 0) is 24.9 Å². The lowest BCUT2D eigenvalue weighted by Gasteiger charge is -2.31. The van der Waals surface area contributed by atoms with Crippen molar-refractivity contribution in [2.75, 3.05) is 33.9 Å². The van der Waals surface area contributed by atoms with Crippen molar-refractivity contribution < 1.29 is 14.3 Å². The van der Waals surface area contributed by atoms with Crippen LogP contribution < -0.4 is 10.4 Å². The lowest BCUT2D eigenvalue weighted by molar-refractivity contribution is 0.0710. The predicted octanol–water partition coefficient (Wildman–Crippen LogP) is 1.63. The summed E-state index contributed by atoms with van der Waals surface area (Å²) in [5.41, 5.74) is 1.25. The van der Waals surface area contributed by atoms with Gasteiger partial charge in [-0.25, -0.2) is 14.2 Å². The summed E-state index contributed by atoms with van der Waals surface area (Å²) in [7, 11) is 5.04. The van der Waals surface area contributed by atoms with Gasteiger partial charge >= 0.3 is 5.69 Å². The van der Waals surface area contributed by atoms with Gasteiger partial charge in [-0.1, -0.05) is 0 Å². The van der Waals surface area contributed by atoms with Crippen molar-refractivity contribution in [1.82, 2.24) is 29.0 Å². The number of ether oxygens (including phenoxy) is 2. The maximum Gasteiger partial charge on any atom is 0.345 e. The van der Waals surface area contributed by atoms with Crippen molar-refractivity contribution in [1.29, 1.82) is 0 Å². The topological polar surface area (TPSA) is 96.4 Å². The van der Waals surface area contributed by atoms with Gasteiger partial charge in [0, 0.05) is 45.3 Å². The smallest absolute Gasteiger partial charge is 0.345 e. The van der Waals surface area contributed by atoms with E-state index in [1.807, 2.05) is 37.1 Å². The van der Waals surface area contributed by atoms with Crippen LogP contribution in [0.3, 0.4) is 0 Å². The fraction of sp³-hybridized carbons (Fsp3) is 0.545. The molecule has 0 N–H and O–H groups in total. The van der Waals surface area contributed by atoms with Crippen LogP contribution in [-0.4, -0.2) is 68.9 Å². The number of rotatable bonds is 7. The molecule has 1 amide bonds. The highest BCUT2D eigenvalue weighted by atomic mass is 16.5. The average Bonchev–Trinajstić information content (AvgIpc) is 3.31. The average molecular weight is 443 g/mol. The standard InChI is InChI=1S/C22H30N6O4/c1-5-27-19(24-28(22(27)30)12-13-31-3)15-8-10-26(11-9-15)20(29)16-6-7-17-18(14-16)23-25(2)21(17)32-4/h6-7,14-15H,5,8-13H2,1-4H3. The van der Waals surface area contributed by atoms with Crippen molar-refractivity contribution in [2.24, 2.45) is 7.05 Å². The number of benzene rings is 1. The molecule has 3 heterocycles. The predicted molar refractivity (Wildman–Crippen MR) is 119 cm³/mol. The highest BCUT2D eigenvalue weighted by Gasteiger charge is 2.29. The van der Waals surface area contributed by atoms with E-state index >= 15 is 0 Å². The number of likely N-dealkylation sites (tertiary alicyclic amines) is 1. The van der Waals surface area contributed by atoms with E-state index in [9.17, 15) is 9.59 Å². The van der Waals surface area contributed by atoms with E-state index < -0.39 is 0 Å². The largest absolute Gasteiger partial charge is 0.481 e. The molecule has 1 aliphatic heterocycles. The Labute approximate surface area is 186 Å². The number of hydrogen-bond acceptors (Lipinski definition) is 6. The minimum Gasteiger partial charge on any atom is -0.481 e. The first-order valence-corrected chi connectivity index (χ1v) is 10.9. The van der Waals surface area contributed by atoms with Gasteiger partial charge in [-0.05, 0) is 38.0 Å². The van der Waals surface area contributed by atoms with Crippen LogP contribution in [0.1, 0.15) is 41.9 Å². The van der Waals surface area contributed by atoms with Gasteiger partial charge in [0.05, 0.1) is 31.2 Å². The number of methoxy groups -OCH3 is 2. The SMILES string of the molecule is CCn1c(C2CCN(C(=O)c3ccc4c(OC)n(C)nc4c3)CC2)nn(CCOC)c1=O. The third-order valence-electron chi connectivity index (χ3n) is 6.14. The first kappa shape index (κ1) is 22.1. The molecule has 10 heteroatoms. The fourth-order valence-corrected chi connectivity index (χ4v) is 4.46. The second kappa shape index (κ2) is 9.15. The van der Waals surface area contributed by atoms with E-state index in [4.69, 9.17) is 9.47 Å². The molecule has 2 aromatic heterocycles. The number of fused-ring (bicyclic) bond motifs is 1. The molecule has 1 aliphatic rings. The Kier molecular flexibility index (Phi) is 6.31. The lowest BCUT2D eigenvalue weighted by Crippen LogP contribution is -2.38. The molecule has 172 valence electrons. The summed E-state index contributed by atoms with van der Waals surface area (Å²) in [6.45, 7) is 4.65. The summed E-state index contributed by atoms with van der Waals surface area (Å²) in [4.78, 5) is 27.6. The van der Waals surface area contributed by atoms with Gasteiger partial charge in [0.1, 0.15) is 5.82 Å². The van der Waals surface area contributed by atoms with Gasteiger partial charge in [0.25, 0.3) is 5.91 Å². The van der Waals surface area contributed by atoms with E-state index in [1.165, 1.54) is 4.68 Å². The minimum absolute atomic E-state index is 0.00604. The highest BCUT2D eigenvalue weighted by Crippen LogP contribution is 2.29. The van der Waals surface area contributed by atoms with Crippen LogP contribution in [0.5, 0.6) is 5.88 Å². The molecule has 0 spiro atoms. The lowest BCUT2D eigenvalue weighted by atomic mass is 9.95. The number of amides is 1. The van der Waals surface area contributed by atoms with Gasteiger partial charge in [0.2, 0.25) is 5.88 Å². The van der Waals surface area contributed by atoms with Gasteiger partial charge < -0.3 is 14.4 Å². The number of carbonyl (C=O) groups excluding carboxylic acids is 1. The Balaban J connectivity index is 1.47. The first-order chi connectivity index (χ1) is 15.5. The molecule has 0 radical (unpaired) electrons. The van der Waals surface area contributed by atoms with E-state index in [0.29, 0.717) is 44.2 Å². The fourth-order valence-electron chi connectivity index (χ4n) is 4.46. The Bertz CT molecular complexity index is 1170. The van der Waals surface area contributed by atoms with Crippen molar-refractivity contribution >= 4 is 16.8 Å². The summed E-state index contributed by atoms with van der Waals surface area (Å²) >= 11 is 0. The summed E-state index contributed by atoms with van der Waals surface area (Å²) in [6, 6.07) is 5.53. The van der Waals surface area contributed by atoms with Crippen LogP contribution in [0.25, 0.3) is 10.9 Å². The van der Waals surface area contributed by atoms with Crippen LogP contribution in [0, 0.1) is 0 Å². The van der Waals surface area contributed by atoms with Crippen LogP contribution in [0.15, 0.2) is 23.0 Å². The van der Waals surface area contributed by atoms with Crippen molar-refractivity contribution in [3.05, 3.63) is 40.1 Å². The van der Waals surface area contributed by atoms with E-state index in [0.717, 1.165) is 29.6 Å². The third kappa shape index (κ3) is 3.90. The van der Waals surface area contributed by atoms with Crippen LogP contribution in [0.4, 0.5) is 0 Å². The molecule has 1 aromatic carbocycles. The zero-order chi connectivity index (χ0) is 22.8. The number of aromatic nitrogens is 5. The van der Waals surface area contributed by atoms with Crippen LogP contribution >= 0.6 is 0 Å². The molecule has 0 unspecified atom stereocenters. The van der Waals surface area contributed by atoms with E-state index in [2.05, 4.69) is 10.2 Å². The van der Waals surface area contributed by atoms with Gasteiger partial charge in [-0.15, -0.1) is 0 Å². The number of nitrogens with zero attached hydrogens (tertiary/aromatic N) is 6. The number of carbonyl (C=O) groups is 1. The zero-order valence-electron chi connectivity index (χ0n) is 19.1. The monoisotopic (exact) mass is 442 g/mol. The normalized spacial score (nSPS) is 14.9. The molecule has 10 nitrogen and oxygen atoms in total. The van der Waals surface area contributed by atoms with E-state index in [-0.39, 0.29) is 17.5 Å². The zero-order valence-corrected chi connectivity index (χ0v) is 19.1. The van der Waals surface area contributed by atoms with Gasteiger partial charge in [-0.3, -0.25) is 9.36 Å². The molecule has 1 saturated heterocycles. The van der Waals surface area contributed by atoms with Gasteiger partial charge in [0.15, 0.2) is 0 Å². The summed E-state index contributed by atoms with van der Waals surface area (Å²) in [5, 5.41) is 9.91. The molecular formula is C22H30N6O4. The molecule has 3 aromatic rings. The molecular weight excluding hydrogens is 412 g/mol. The number of aryl methyl sites for hydroxylation is 1. The Morgan fingerprint density at radius 3 is 2.59 bits per heavy atom. The quantitative estimate of drug-likeness (QED) is 0.552. The second-order valence-corrected chi connectivity index (χ2v) is 8.03. The first-order valence-electron chi connectivity index (χ1n) is 10.9. The number of hydrogen-bond donors (Lipinski definition) is 0. The molecule has 0 aliphatic carbocycles. The summed E-state index contributed by atoms with van der Waals surface area (Å²) < 4.78 is 15.4. The summed E-state index contributed by atoms with van der Waals surface area (Å²) in [6.07, 6.45) is 1.54. The Hall–Kier alpha value is -3.14. The van der Waals surface area contributed by atoms with Crippen LogP contribution in [0.2, 0.25) is 0 Å². The van der Waals surface area contributed by atoms with Crippen molar-refractivity contribution in [2.45, 2.75) is 38.8 Å². The molecule has 0 bridgehead atoms. The number of piperidine rings is 1. The molecule has 0 saturated carbocycles. The third-order valence-corrected chi connectivity index (χ3v) is 6.14. The van der Waals surface area contributed by atoms with E-state index in [1.54, 1.807) is 23.5 Å². The molecule has 1 fully saturated rings. The summed E-state index contributed by atoms with van der Waals surface area (Å²) in [5.74, 6) is 1.63. The highest BCUT2D eigenvalue weighted by molar-refractivity contribution is 5.98. The molecule has 32 heavy (non-hydrogen) atoms. The molecule has 4 rings (SSSR count). The molecule has 0 atom stereocenters. The Morgan fingerprint density at radius 1 is 1.19 bits per heavy atom. The maximum absolute atomic E-state index is 13.1.